The number of hydrogen-bond donors (Lipinski definition) is 0. The molecule has 5 heteroatoms. The van der Waals surface area contributed by atoms with Crippen LogP contribution in [0.5, 0.6) is 0 Å². The van der Waals surface area contributed by atoms with E-state index in [0.29, 0.717) is 5.56 Å². The second-order valence-electron chi connectivity index (χ2n) is 4.30. The van der Waals surface area contributed by atoms with Crippen molar-refractivity contribution in [2.75, 3.05) is 0 Å². The van der Waals surface area contributed by atoms with E-state index in [0.717, 1.165) is 16.2 Å². The number of rotatable bonds is 3. The molecule has 0 atom stereocenters. The van der Waals surface area contributed by atoms with Crippen molar-refractivity contribution in [3.63, 3.8) is 0 Å². The molecule has 0 fully saturated rings. The van der Waals surface area contributed by atoms with Crippen LogP contribution in [-0.2, 0) is 6.54 Å². The number of carbonyl (C=O) groups is 1. The Balaban J connectivity index is 2.29. The van der Waals surface area contributed by atoms with Gasteiger partial charge in [-0.2, -0.15) is 9.83 Å². The van der Waals surface area contributed by atoms with Gasteiger partial charge in [0.2, 0.25) is 12.3 Å². The minimum atomic E-state index is -0.615. The fourth-order valence-corrected chi connectivity index (χ4v) is 2.18. The van der Waals surface area contributed by atoms with Crippen molar-refractivity contribution in [2.45, 2.75) is 13.5 Å². The predicted octanol–water partition coefficient (Wildman–Crippen LogP) is 2.94. The summed E-state index contributed by atoms with van der Waals surface area (Å²) in [4.78, 5) is 12.2. The molecule has 0 saturated heterocycles. The van der Waals surface area contributed by atoms with Gasteiger partial charge < -0.3 is 0 Å². The maximum Gasteiger partial charge on any atom is 0.227 e. The maximum absolute atomic E-state index is 13.2. The van der Waals surface area contributed by atoms with E-state index >= 15 is 0 Å². The standard InChI is InChI=1S/C15H11BrFN2O/c1-10-13(16)3-2-6-19(10)9-15(20)11-4-5-14(17)12(7-11)8-18/h2-7H,9H2,1H3/q+1. The maximum atomic E-state index is 13.2. The Hall–Kier alpha value is -2.06. The molecule has 0 N–H and O–H groups in total. The number of nitriles is 1. The van der Waals surface area contributed by atoms with Gasteiger partial charge in [0.25, 0.3) is 0 Å². The third-order valence-corrected chi connectivity index (χ3v) is 3.85. The first-order valence-corrected chi connectivity index (χ1v) is 6.69. The average molecular weight is 334 g/mol. The first-order valence-electron chi connectivity index (χ1n) is 5.90. The van der Waals surface area contributed by atoms with Crippen LogP contribution in [0.3, 0.4) is 0 Å². The van der Waals surface area contributed by atoms with Crippen LogP contribution < -0.4 is 4.57 Å². The summed E-state index contributed by atoms with van der Waals surface area (Å²) < 4.78 is 15.9. The van der Waals surface area contributed by atoms with E-state index in [9.17, 15) is 9.18 Å². The van der Waals surface area contributed by atoms with E-state index in [-0.39, 0.29) is 17.9 Å². The molecule has 2 aromatic rings. The lowest BCUT2D eigenvalue weighted by atomic mass is 10.1. The first kappa shape index (κ1) is 14.4. The quantitative estimate of drug-likeness (QED) is 0.640. The lowest BCUT2D eigenvalue weighted by molar-refractivity contribution is -0.689. The van der Waals surface area contributed by atoms with Gasteiger partial charge in [-0.15, -0.1) is 0 Å². The molecule has 1 aromatic heterocycles. The van der Waals surface area contributed by atoms with Gasteiger partial charge in [0.15, 0.2) is 11.9 Å². The molecule has 0 spiro atoms. The van der Waals surface area contributed by atoms with E-state index in [2.05, 4.69) is 15.9 Å². The lowest BCUT2D eigenvalue weighted by Gasteiger charge is -2.03. The number of benzene rings is 1. The Morgan fingerprint density at radius 1 is 1.45 bits per heavy atom. The monoisotopic (exact) mass is 333 g/mol. The van der Waals surface area contributed by atoms with Crippen LogP contribution in [0.25, 0.3) is 0 Å². The summed E-state index contributed by atoms with van der Waals surface area (Å²) in [6.07, 6.45) is 1.80. The molecule has 0 aliphatic carbocycles. The van der Waals surface area contributed by atoms with Crippen LogP contribution in [0.1, 0.15) is 21.6 Å². The number of aromatic nitrogens is 1. The molecular formula is C15H11BrFN2O+. The fourth-order valence-electron chi connectivity index (χ4n) is 1.80. The SMILES string of the molecule is Cc1c(Br)ccc[n+]1CC(=O)c1ccc(F)c(C#N)c1. The van der Waals surface area contributed by atoms with Crippen molar-refractivity contribution in [2.24, 2.45) is 0 Å². The number of pyridine rings is 1. The van der Waals surface area contributed by atoms with Gasteiger partial charge in [0.05, 0.1) is 10.0 Å². The molecule has 0 radical (unpaired) electrons. The molecule has 2 rings (SSSR count). The summed E-state index contributed by atoms with van der Waals surface area (Å²) in [6.45, 7) is 2.03. The molecule has 100 valence electrons. The number of halogens is 2. The molecule has 0 amide bonds. The summed E-state index contributed by atoms with van der Waals surface area (Å²) in [5.41, 5.74) is 1.13. The van der Waals surface area contributed by atoms with Gasteiger partial charge in [-0.3, -0.25) is 4.79 Å². The number of Topliss-reactive ketones (excluding diaryl/α,β-unsaturated/α-hetero) is 1. The lowest BCUT2D eigenvalue weighted by Crippen LogP contribution is -2.40. The third kappa shape index (κ3) is 2.91. The number of carbonyl (C=O) groups excluding carboxylic acids is 1. The van der Waals surface area contributed by atoms with Gasteiger partial charge in [-0.05, 0) is 40.2 Å². The molecule has 3 nitrogen and oxygen atoms in total. The van der Waals surface area contributed by atoms with Crippen LogP contribution in [-0.4, -0.2) is 5.78 Å². The highest BCUT2D eigenvalue weighted by Gasteiger charge is 2.17. The van der Waals surface area contributed by atoms with Gasteiger partial charge >= 0.3 is 0 Å². The van der Waals surface area contributed by atoms with Crippen LogP contribution in [0, 0.1) is 24.1 Å². The molecule has 0 aliphatic heterocycles. The van der Waals surface area contributed by atoms with E-state index in [1.165, 1.54) is 12.1 Å². The highest BCUT2D eigenvalue weighted by molar-refractivity contribution is 9.10. The molecular weight excluding hydrogens is 323 g/mol. The zero-order valence-electron chi connectivity index (χ0n) is 10.7. The van der Waals surface area contributed by atoms with E-state index in [1.807, 2.05) is 19.1 Å². The largest absolute Gasteiger partial charge is 0.287 e. The van der Waals surface area contributed by atoms with E-state index in [1.54, 1.807) is 16.8 Å². The van der Waals surface area contributed by atoms with Crippen molar-refractivity contribution in [1.82, 2.24) is 0 Å². The topological polar surface area (TPSA) is 44.7 Å². The summed E-state index contributed by atoms with van der Waals surface area (Å²) in [6, 6.07) is 9.27. The molecule has 0 bridgehead atoms. The second-order valence-corrected chi connectivity index (χ2v) is 5.15. The molecule has 1 aromatic carbocycles. The minimum Gasteiger partial charge on any atom is -0.287 e. The molecule has 1 heterocycles. The fraction of sp³-hybridized carbons (Fsp3) is 0.133. The highest BCUT2D eigenvalue weighted by Crippen LogP contribution is 2.12. The second kappa shape index (κ2) is 5.93. The predicted molar refractivity (Wildman–Crippen MR) is 74.5 cm³/mol. The van der Waals surface area contributed by atoms with Gasteiger partial charge in [0.1, 0.15) is 11.9 Å². The highest BCUT2D eigenvalue weighted by atomic mass is 79.9. The Morgan fingerprint density at radius 3 is 2.90 bits per heavy atom. The number of hydrogen-bond acceptors (Lipinski definition) is 2. The Morgan fingerprint density at radius 2 is 2.20 bits per heavy atom. The number of nitrogens with zero attached hydrogens (tertiary/aromatic N) is 2. The van der Waals surface area contributed by atoms with Gasteiger partial charge in [-0.25, -0.2) is 4.39 Å². The first-order chi connectivity index (χ1) is 9.52. The third-order valence-electron chi connectivity index (χ3n) is 3.01. The van der Waals surface area contributed by atoms with Crippen LogP contribution >= 0.6 is 15.9 Å². The van der Waals surface area contributed by atoms with Crippen molar-refractivity contribution < 1.29 is 13.8 Å². The zero-order chi connectivity index (χ0) is 14.7. The summed E-state index contributed by atoms with van der Waals surface area (Å²) in [5, 5.41) is 8.78. The smallest absolute Gasteiger partial charge is 0.227 e. The molecule has 0 unspecified atom stereocenters. The molecule has 0 saturated carbocycles. The minimum absolute atomic E-state index is 0.119. The van der Waals surface area contributed by atoms with Crippen LogP contribution in [0.15, 0.2) is 41.0 Å². The van der Waals surface area contributed by atoms with Gasteiger partial charge in [0, 0.05) is 18.6 Å². The summed E-state index contributed by atoms with van der Waals surface area (Å²) in [5.74, 6) is -0.789. The zero-order valence-corrected chi connectivity index (χ0v) is 12.3. The van der Waals surface area contributed by atoms with Crippen molar-refractivity contribution in [3.8, 4) is 6.07 Å². The average Bonchev–Trinajstić information content (AvgIpc) is 2.44. The van der Waals surface area contributed by atoms with Crippen molar-refractivity contribution in [1.29, 1.82) is 5.26 Å². The Labute approximate surface area is 124 Å². The van der Waals surface area contributed by atoms with Crippen LogP contribution in [0.4, 0.5) is 4.39 Å². The van der Waals surface area contributed by atoms with Crippen molar-refractivity contribution in [3.05, 3.63) is 63.6 Å². The number of ketones is 1. The van der Waals surface area contributed by atoms with Crippen molar-refractivity contribution >= 4 is 21.7 Å². The Kier molecular flexibility index (Phi) is 4.26. The van der Waals surface area contributed by atoms with Crippen LogP contribution in [0.2, 0.25) is 0 Å². The summed E-state index contributed by atoms with van der Waals surface area (Å²) >= 11 is 3.40. The van der Waals surface area contributed by atoms with E-state index in [4.69, 9.17) is 5.26 Å². The normalized spacial score (nSPS) is 10.1. The molecule has 20 heavy (non-hydrogen) atoms. The van der Waals surface area contributed by atoms with E-state index < -0.39 is 5.82 Å². The van der Waals surface area contributed by atoms with Gasteiger partial charge in [-0.1, -0.05) is 0 Å². The Bertz CT molecular complexity index is 722. The molecule has 0 aliphatic rings. The summed E-state index contributed by atoms with van der Waals surface area (Å²) in [7, 11) is 0.